The Hall–Kier alpha value is -1.43. The van der Waals surface area contributed by atoms with E-state index in [1.54, 1.807) is 32.2 Å². The molecule has 0 saturated carbocycles. The standard InChI is InChI=1S/C15H17ClN2O2S/c1-19-13-5-3-10(7-14(13)20-2)12(17)9-21-15-6-4-11(16)8-18-15/h3-8,12H,9,17H2,1-2H3. The molecule has 0 bridgehead atoms. The van der Waals surface area contributed by atoms with E-state index in [9.17, 15) is 0 Å². The maximum Gasteiger partial charge on any atom is 0.161 e. The normalized spacial score (nSPS) is 12.0. The van der Waals surface area contributed by atoms with E-state index in [0.717, 1.165) is 10.6 Å². The molecule has 4 nitrogen and oxygen atoms in total. The Morgan fingerprint density at radius 1 is 1.19 bits per heavy atom. The average Bonchev–Trinajstić information content (AvgIpc) is 2.53. The molecule has 1 heterocycles. The van der Waals surface area contributed by atoms with Gasteiger partial charge in [-0.05, 0) is 29.8 Å². The van der Waals surface area contributed by atoms with E-state index >= 15 is 0 Å². The summed E-state index contributed by atoms with van der Waals surface area (Å²) in [6.07, 6.45) is 1.63. The summed E-state index contributed by atoms with van der Waals surface area (Å²) in [7, 11) is 3.22. The molecule has 2 rings (SSSR count). The van der Waals surface area contributed by atoms with Crippen LogP contribution in [-0.4, -0.2) is 25.0 Å². The summed E-state index contributed by atoms with van der Waals surface area (Å²) >= 11 is 7.40. The molecule has 0 aliphatic heterocycles. The zero-order valence-electron chi connectivity index (χ0n) is 11.9. The minimum atomic E-state index is -0.118. The van der Waals surface area contributed by atoms with Gasteiger partial charge in [0.2, 0.25) is 0 Å². The Bertz CT molecular complexity index is 593. The van der Waals surface area contributed by atoms with Crippen LogP contribution in [0.25, 0.3) is 0 Å². The number of ether oxygens (including phenoxy) is 2. The van der Waals surface area contributed by atoms with Crippen molar-refractivity contribution in [2.24, 2.45) is 5.73 Å². The van der Waals surface area contributed by atoms with Crippen LogP contribution >= 0.6 is 23.4 Å². The lowest BCUT2D eigenvalue weighted by molar-refractivity contribution is 0.354. The van der Waals surface area contributed by atoms with Crippen LogP contribution in [0.5, 0.6) is 11.5 Å². The maximum absolute atomic E-state index is 6.22. The van der Waals surface area contributed by atoms with Gasteiger partial charge in [0.1, 0.15) is 0 Å². The van der Waals surface area contributed by atoms with E-state index in [-0.39, 0.29) is 6.04 Å². The van der Waals surface area contributed by atoms with Crippen molar-refractivity contribution in [3.05, 3.63) is 47.1 Å². The summed E-state index contributed by atoms with van der Waals surface area (Å²) in [5.41, 5.74) is 7.21. The Morgan fingerprint density at radius 3 is 2.57 bits per heavy atom. The number of hydrogen-bond donors (Lipinski definition) is 1. The molecular formula is C15H17ClN2O2S. The smallest absolute Gasteiger partial charge is 0.161 e. The minimum absolute atomic E-state index is 0.118. The fourth-order valence-corrected chi connectivity index (χ4v) is 2.75. The van der Waals surface area contributed by atoms with E-state index in [1.165, 1.54) is 0 Å². The van der Waals surface area contributed by atoms with Crippen LogP contribution in [0.15, 0.2) is 41.6 Å². The first kappa shape index (κ1) is 15.9. The Kier molecular flexibility index (Phi) is 5.73. The summed E-state index contributed by atoms with van der Waals surface area (Å²) in [6, 6.07) is 9.29. The lowest BCUT2D eigenvalue weighted by Gasteiger charge is -2.14. The predicted molar refractivity (Wildman–Crippen MR) is 86.4 cm³/mol. The molecule has 0 spiro atoms. The van der Waals surface area contributed by atoms with Crippen molar-refractivity contribution in [1.29, 1.82) is 0 Å². The van der Waals surface area contributed by atoms with Gasteiger partial charge >= 0.3 is 0 Å². The highest BCUT2D eigenvalue weighted by Crippen LogP contribution is 2.31. The first-order chi connectivity index (χ1) is 10.1. The van der Waals surface area contributed by atoms with Crippen LogP contribution in [0.4, 0.5) is 0 Å². The number of hydrogen-bond acceptors (Lipinski definition) is 5. The number of methoxy groups -OCH3 is 2. The maximum atomic E-state index is 6.22. The summed E-state index contributed by atoms with van der Waals surface area (Å²) in [5, 5.41) is 1.53. The first-order valence-corrected chi connectivity index (χ1v) is 7.72. The van der Waals surface area contributed by atoms with Crippen molar-refractivity contribution in [1.82, 2.24) is 4.98 Å². The van der Waals surface area contributed by atoms with E-state index in [0.29, 0.717) is 22.3 Å². The second-order valence-electron chi connectivity index (χ2n) is 4.35. The van der Waals surface area contributed by atoms with Gasteiger partial charge in [-0.15, -0.1) is 11.8 Å². The minimum Gasteiger partial charge on any atom is -0.493 e. The van der Waals surface area contributed by atoms with Crippen molar-refractivity contribution in [3.8, 4) is 11.5 Å². The fourth-order valence-electron chi connectivity index (χ4n) is 1.80. The monoisotopic (exact) mass is 324 g/mol. The van der Waals surface area contributed by atoms with Crippen molar-refractivity contribution < 1.29 is 9.47 Å². The highest BCUT2D eigenvalue weighted by atomic mass is 35.5. The van der Waals surface area contributed by atoms with Crippen molar-refractivity contribution in [2.45, 2.75) is 11.1 Å². The molecule has 21 heavy (non-hydrogen) atoms. The van der Waals surface area contributed by atoms with E-state index in [1.807, 2.05) is 30.3 Å². The predicted octanol–water partition coefficient (Wildman–Crippen LogP) is 3.54. The number of nitrogens with two attached hydrogens (primary N) is 1. The molecule has 0 aliphatic rings. The largest absolute Gasteiger partial charge is 0.493 e. The van der Waals surface area contributed by atoms with Gasteiger partial charge < -0.3 is 15.2 Å². The summed E-state index contributed by atoms with van der Waals surface area (Å²) < 4.78 is 10.5. The topological polar surface area (TPSA) is 57.4 Å². The van der Waals surface area contributed by atoms with E-state index in [2.05, 4.69) is 4.98 Å². The van der Waals surface area contributed by atoms with Crippen molar-refractivity contribution >= 4 is 23.4 Å². The molecule has 6 heteroatoms. The summed E-state index contributed by atoms with van der Waals surface area (Å²) in [6.45, 7) is 0. The Morgan fingerprint density at radius 2 is 1.95 bits per heavy atom. The third-order valence-corrected chi connectivity index (χ3v) is 4.23. The molecule has 0 aliphatic carbocycles. The third-order valence-electron chi connectivity index (χ3n) is 2.95. The third kappa shape index (κ3) is 4.27. The van der Waals surface area contributed by atoms with Gasteiger partial charge in [-0.3, -0.25) is 0 Å². The number of pyridine rings is 1. The number of benzene rings is 1. The van der Waals surface area contributed by atoms with Gasteiger partial charge in [-0.1, -0.05) is 17.7 Å². The van der Waals surface area contributed by atoms with E-state index in [4.69, 9.17) is 26.8 Å². The molecule has 0 saturated heterocycles. The van der Waals surface area contributed by atoms with Crippen LogP contribution < -0.4 is 15.2 Å². The highest BCUT2D eigenvalue weighted by Gasteiger charge is 2.11. The van der Waals surface area contributed by atoms with Crippen molar-refractivity contribution in [2.75, 3.05) is 20.0 Å². The molecule has 1 atom stereocenters. The number of thioether (sulfide) groups is 1. The molecule has 0 amide bonds. The second-order valence-corrected chi connectivity index (χ2v) is 5.82. The van der Waals surface area contributed by atoms with E-state index < -0.39 is 0 Å². The molecule has 0 radical (unpaired) electrons. The second kappa shape index (κ2) is 7.54. The molecule has 112 valence electrons. The van der Waals surface area contributed by atoms with Crippen molar-refractivity contribution in [3.63, 3.8) is 0 Å². The first-order valence-electron chi connectivity index (χ1n) is 6.36. The molecule has 2 aromatic rings. The number of nitrogens with zero attached hydrogens (tertiary/aromatic N) is 1. The fraction of sp³-hybridized carbons (Fsp3) is 0.267. The van der Waals surface area contributed by atoms with Gasteiger partial charge in [-0.2, -0.15) is 0 Å². The molecule has 1 unspecified atom stereocenters. The van der Waals surface area contributed by atoms with Gasteiger partial charge in [0, 0.05) is 18.0 Å². The summed E-state index contributed by atoms with van der Waals surface area (Å²) in [4.78, 5) is 4.24. The molecule has 1 aromatic heterocycles. The number of rotatable bonds is 6. The van der Waals surface area contributed by atoms with Gasteiger partial charge in [0.05, 0.1) is 24.3 Å². The SMILES string of the molecule is COc1ccc(C(N)CSc2ccc(Cl)cn2)cc1OC. The van der Waals surface area contributed by atoms with Crippen LogP contribution in [0.3, 0.4) is 0 Å². The lowest BCUT2D eigenvalue weighted by Crippen LogP contribution is -2.13. The zero-order chi connectivity index (χ0) is 15.2. The highest BCUT2D eigenvalue weighted by molar-refractivity contribution is 7.99. The lowest BCUT2D eigenvalue weighted by atomic mass is 10.1. The van der Waals surface area contributed by atoms with Crippen LogP contribution in [0.2, 0.25) is 5.02 Å². The van der Waals surface area contributed by atoms with Gasteiger partial charge in [0.15, 0.2) is 11.5 Å². The number of halogens is 1. The van der Waals surface area contributed by atoms with Gasteiger partial charge in [-0.25, -0.2) is 4.98 Å². The summed E-state index contributed by atoms with van der Waals surface area (Å²) in [5.74, 6) is 2.09. The molecule has 1 aromatic carbocycles. The van der Waals surface area contributed by atoms with Crippen LogP contribution in [0.1, 0.15) is 11.6 Å². The number of aromatic nitrogens is 1. The average molecular weight is 325 g/mol. The van der Waals surface area contributed by atoms with Gasteiger partial charge in [0.25, 0.3) is 0 Å². The quantitative estimate of drug-likeness (QED) is 0.824. The Labute approximate surface area is 133 Å². The molecule has 2 N–H and O–H groups in total. The van der Waals surface area contributed by atoms with Crippen LogP contribution in [0, 0.1) is 0 Å². The molecular weight excluding hydrogens is 308 g/mol. The zero-order valence-corrected chi connectivity index (χ0v) is 13.4. The molecule has 0 fully saturated rings. The Balaban J connectivity index is 2.02. The van der Waals surface area contributed by atoms with Crippen LogP contribution in [-0.2, 0) is 0 Å².